The molecule has 1 aromatic rings. The van der Waals surface area contributed by atoms with Gasteiger partial charge >= 0.3 is 0 Å². The Morgan fingerprint density at radius 3 is 2.33 bits per heavy atom. The van der Waals surface area contributed by atoms with Crippen molar-refractivity contribution in [1.29, 1.82) is 0 Å². The van der Waals surface area contributed by atoms with Crippen molar-refractivity contribution in [3.8, 4) is 12.0 Å². The number of aliphatic hydroxyl groups is 1. The minimum atomic E-state index is -1.81. The van der Waals surface area contributed by atoms with Crippen molar-refractivity contribution >= 4 is 8.07 Å². The first kappa shape index (κ1) is 14.8. The lowest BCUT2D eigenvalue weighted by Gasteiger charge is -2.38. The SMILES string of the molecule is CCOC#CCC(O)(c1ccccc1)[Si](C)(C)C. The lowest BCUT2D eigenvalue weighted by molar-refractivity contribution is 0.120. The Balaban J connectivity index is 3.02. The smallest absolute Gasteiger partial charge is 0.110 e. The lowest BCUT2D eigenvalue weighted by Crippen LogP contribution is -2.49. The van der Waals surface area contributed by atoms with Gasteiger partial charge in [0.15, 0.2) is 0 Å². The molecule has 0 aliphatic carbocycles. The van der Waals surface area contributed by atoms with E-state index in [1.807, 2.05) is 37.3 Å². The largest absolute Gasteiger partial charge is 0.447 e. The van der Waals surface area contributed by atoms with Crippen LogP contribution in [0.2, 0.25) is 19.6 Å². The molecule has 0 fully saturated rings. The third-order valence-corrected chi connectivity index (χ3v) is 6.07. The zero-order chi connectivity index (χ0) is 13.6. The molecule has 0 spiro atoms. The van der Waals surface area contributed by atoms with Gasteiger partial charge in [0.2, 0.25) is 0 Å². The van der Waals surface area contributed by atoms with Crippen molar-refractivity contribution in [3.05, 3.63) is 35.9 Å². The summed E-state index contributed by atoms with van der Waals surface area (Å²) < 4.78 is 5.02. The maximum absolute atomic E-state index is 11.0. The van der Waals surface area contributed by atoms with Gasteiger partial charge in [-0.1, -0.05) is 55.9 Å². The summed E-state index contributed by atoms with van der Waals surface area (Å²) in [7, 11) is -1.81. The second kappa shape index (κ2) is 6.08. The molecule has 0 bridgehead atoms. The van der Waals surface area contributed by atoms with Crippen LogP contribution in [0, 0.1) is 12.0 Å². The molecular weight excluding hydrogens is 240 g/mol. The average Bonchev–Trinajstić information content (AvgIpc) is 2.34. The summed E-state index contributed by atoms with van der Waals surface area (Å²) in [4.78, 5) is 0. The van der Waals surface area contributed by atoms with Crippen LogP contribution in [0.3, 0.4) is 0 Å². The molecule has 1 rings (SSSR count). The summed E-state index contributed by atoms with van der Waals surface area (Å²) in [5, 5.41) is 10.2. The van der Waals surface area contributed by atoms with Gasteiger partial charge in [0.1, 0.15) is 6.11 Å². The van der Waals surface area contributed by atoms with Crippen molar-refractivity contribution < 1.29 is 9.84 Å². The van der Waals surface area contributed by atoms with E-state index >= 15 is 0 Å². The van der Waals surface area contributed by atoms with Crippen LogP contribution in [0.1, 0.15) is 18.9 Å². The Bertz CT molecular complexity index is 425. The van der Waals surface area contributed by atoms with Crippen molar-refractivity contribution in [1.82, 2.24) is 0 Å². The summed E-state index contributed by atoms with van der Waals surface area (Å²) in [5.74, 6) is 2.94. The number of hydrogen-bond acceptors (Lipinski definition) is 2. The van der Waals surface area contributed by atoms with Crippen molar-refractivity contribution in [2.24, 2.45) is 0 Å². The molecule has 0 saturated carbocycles. The summed E-state index contributed by atoms with van der Waals surface area (Å²) >= 11 is 0. The third-order valence-electron chi connectivity index (χ3n) is 3.12. The van der Waals surface area contributed by atoms with Gasteiger partial charge in [-0.05, 0) is 12.5 Å². The molecule has 1 aromatic carbocycles. The van der Waals surface area contributed by atoms with E-state index in [0.717, 1.165) is 5.56 Å². The van der Waals surface area contributed by atoms with Crippen molar-refractivity contribution in [2.75, 3.05) is 6.61 Å². The van der Waals surface area contributed by atoms with Crippen LogP contribution >= 0.6 is 0 Å². The van der Waals surface area contributed by atoms with Gasteiger partial charge < -0.3 is 9.84 Å². The topological polar surface area (TPSA) is 29.5 Å². The third kappa shape index (κ3) is 3.38. The number of rotatable bonds is 4. The Morgan fingerprint density at radius 2 is 1.83 bits per heavy atom. The van der Waals surface area contributed by atoms with E-state index in [2.05, 4.69) is 31.7 Å². The van der Waals surface area contributed by atoms with E-state index in [-0.39, 0.29) is 0 Å². The molecule has 0 aromatic heterocycles. The normalized spacial score (nSPS) is 14.3. The van der Waals surface area contributed by atoms with Gasteiger partial charge in [0, 0.05) is 6.42 Å². The molecule has 18 heavy (non-hydrogen) atoms. The molecule has 0 saturated heterocycles. The molecular formula is C15H22O2Si. The van der Waals surface area contributed by atoms with Crippen LogP contribution in [-0.2, 0) is 9.96 Å². The number of hydrogen-bond donors (Lipinski definition) is 1. The molecule has 1 unspecified atom stereocenters. The molecule has 2 nitrogen and oxygen atoms in total. The fourth-order valence-electron chi connectivity index (χ4n) is 1.80. The summed E-state index contributed by atoms with van der Waals surface area (Å²) in [6, 6.07) is 9.81. The Kier molecular flexibility index (Phi) is 5.00. The van der Waals surface area contributed by atoms with Gasteiger partial charge in [-0.25, -0.2) is 0 Å². The first-order chi connectivity index (χ1) is 8.42. The summed E-state index contributed by atoms with van der Waals surface area (Å²) in [6.07, 6.45) is 3.07. The van der Waals surface area contributed by atoms with Crippen LogP contribution in [0.25, 0.3) is 0 Å². The van der Waals surface area contributed by atoms with Crippen LogP contribution in [0.5, 0.6) is 0 Å². The summed E-state index contributed by atoms with van der Waals surface area (Å²) in [6.45, 7) is 8.94. The predicted octanol–water partition coefficient (Wildman–Crippen LogP) is 3.14. The first-order valence-corrected chi connectivity index (χ1v) is 9.79. The van der Waals surface area contributed by atoms with Crippen molar-refractivity contribution in [2.45, 2.75) is 38.2 Å². The monoisotopic (exact) mass is 262 g/mol. The zero-order valence-corrected chi connectivity index (χ0v) is 12.7. The van der Waals surface area contributed by atoms with E-state index < -0.39 is 13.3 Å². The maximum Gasteiger partial charge on any atom is 0.110 e. The zero-order valence-electron chi connectivity index (χ0n) is 11.7. The Morgan fingerprint density at radius 1 is 1.22 bits per heavy atom. The van der Waals surface area contributed by atoms with E-state index in [0.29, 0.717) is 13.0 Å². The van der Waals surface area contributed by atoms with Gasteiger partial charge in [-0.15, -0.1) is 0 Å². The first-order valence-electron chi connectivity index (χ1n) is 6.29. The molecule has 0 aliphatic rings. The molecule has 98 valence electrons. The molecule has 1 N–H and O–H groups in total. The highest BCUT2D eigenvalue weighted by Gasteiger charge is 2.42. The van der Waals surface area contributed by atoms with Crippen LogP contribution in [-0.4, -0.2) is 19.8 Å². The highest BCUT2D eigenvalue weighted by molar-refractivity contribution is 6.78. The molecule has 0 amide bonds. The fraction of sp³-hybridized carbons (Fsp3) is 0.467. The van der Waals surface area contributed by atoms with Crippen molar-refractivity contribution in [3.63, 3.8) is 0 Å². The van der Waals surface area contributed by atoms with E-state index in [1.165, 1.54) is 0 Å². The van der Waals surface area contributed by atoms with Crippen LogP contribution in [0.15, 0.2) is 30.3 Å². The predicted molar refractivity (Wildman–Crippen MR) is 77.7 cm³/mol. The molecule has 1 atom stereocenters. The average molecular weight is 262 g/mol. The minimum Gasteiger partial charge on any atom is -0.447 e. The fourth-order valence-corrected chi connectivity index (χ4v) is 3.45. The molecule has 0 aliphatic heterocycles. The molecule has 0 radical (unpaired) electrons. The standard InChI is InChI=1S/C15H22O2Si/c1-5-17-13-9-12-15(16,18(2,3)4)14-10-7-6-8-11-14/h6-8,10-11,16H,5,12H2,1-4H3. The van der Waals surface area contributed by atoms with Gasteiger partial charge in [0.25, 0.3) is 0 Å². The lowest BCUT2D eigenvalue weighted by atomic mass is 10.1. The Labute approximate surface area is 111 Å². The number of ether oxygens (including phenoxy) is 1. The quantitative estimate of drug-likeness (QED) is 0.667. The van der Waals surface area contributed by atoms with Crippen LogP contribution in [0.4, 0.5) is 0 Å². The van der Waals surface area contributed by atoms with Gasteiger partial charge in [-0.2, -0.15) is 0 Å². The summed E-state index contributed by atoms with van der Waals surface area (Å²) in [5.41, 5.74) is 0.954. The molecule has 0 heterocycles. The van der Waals surface area contributed by atoms with Gasteiger partial charge in [-0.3, -0.25) is 0 Å². The maximum atomic E-state index is 11.0. The highest BCUT2D eigenvalue weighted by Crippen LogP contribution is 2.34. The second-order valence-electron chi connectivity index (χ2n) is 5.36. The highest BCUT2D eigenvalue weighted by atomic mass is 28.3. The van der Waals surface area contributed by atoms with E-state index in [9.17, 15) is 5.11 Å². The number of benzene rings is 1. The second-order valence-corrected chi connectivity index (χ2v) is 10.7. The minimum absolute atomic E-state index is 0.423. The molecule has 3 heteroatoms. The Hall–Kier alpha value is -1.24. The van der Waals surface area contributed by atoms with E-state index in [1.54, 1.807) is 0 Å². The van der Waals surface area contributed by atoms with E-state index in [4.69, 9.17) is 4.74 Å². The van der Waals surface area contributed by atoms with Crippen LogP contribution < -0.4 is 0 Å². The van der Waals surface area contributed by atoms with Gasteiger partial charge in [0.05, 0.1) is 19.9 Å².